The van der Waals surface area contributed by atoms with E-state index in [1.54, 1.807) is 0 Å². The number of ether oxygens (including phenoxy) is 1. The van der Waals surface area contributed by atoms with E-state index in [4.69, 9.17) is 4.74 Å². The number of H-pyrrole nitrogens is 1. The van der Waals surface area contributed by atoms with Gasteiger partial charge in [0, 0.05) is 17.3 Å². The molecule has 0 bridgehead atoms. The fraction of sp³-hybridized carbons (Fsp3) is 0.300. The van der Waals surface area contributed by atoms with E-state index in [2.05, 4.69) is 19.9 Å². The summed E-state index contributed by atoms with van der Waals surface area (Å²) in [4.78, 5) is 17.6. The smallest absolute Gasteiger partial charge is 0.482 e. The van der Waals surface area contributed by atoms with Gasteiger partial charge in [-0.1, -0.05) is 0 Å². The van der Waals surface area contributed by atoms with E-state index < -0.39 is 17.7 Å². The Labute approximate surface area is 178 Å². The van der Waals surface area contributed by atoms with E-state index >= 15 is 0 Å². The second-order valence-electron chi connectivity index (χ2n) is 7.46. The minimum absolute atomic E-state index is 0.000628. The number of alkyl halides is 3. The first-order chi connectivity index (χ1) is 15.3. The molecule has 3 aromatic heterocycles. The average molecular weight is 449 g/mol. The van der Waals surface area contributed by atoms with E-state index in [9.17, 15) is 22.8 Å². The Morgan fingerprint density at radius 1 is 1.22 bits per heavy atom. The van der Waals surface area contributed by atoms with Gasteiger partial charge in [0.05, 0.1) is 23.8 Å². The van der Waals surface area contributed by atoms with Crippen LogP contribution in [0.4, 0.5) is 23.4 Å². The van der Waals surface area contributed by atoms with Crippen molar-refractivity contribution < 1.29 is 32.2 Å². The highest BCUT2D eigenvalue weighted by Crippen LogP contribution is 2.34. The average Bonchev–Trinajstić information content (AvgIpc) is 3.41. The first-order valence-electron chi connectivity index (χ1n) is 9.81. The van der Waals surface area contributed by atoms with Crippen LogP contribution in [0.5, 0.6) is 5.75 Å². The second-order valence-corrected chi connectivity index (χ2v) is 7.46. The van der Waals surface area contributed by atoms with Crippen molar-refractivity contribution >= 4 is 27.9 Å². The molecule has 166 valence electrons. The molecular weight excluding hydrogens is 432 g/mol. The Hall–Kier alpha value is -3.70. The molecule has 1 aliphatic heterocycles. The highest BCUT2D eigenvalue weighted by atomic mass is 19.4. The highest BCUT2D eigenvalue weighted by molar-refractivity contribution is 5.83. The summed E-state index contributed by atoms with van der Waals surface area (Å²) in [5.41, 5.74) is -0.361. The fourth-order valence-corrected chi connectivity index (χ4v) is 4.05. The van der Waals surface area contributed by atoms with Gasteiger partial charge in [0.15, 0.2) is 11.5 Å². The quantitative estimate of drug-likeness (QED) is 0.283. The Bertz CT molecular complexity index is 1310. The lowest BCUT2D eigenvalue weighted by Gasteiger charge is -2.26. The van der Waals surface area contributed by atoms with Gasteiger partial charge in [-0.15, -0.1) is 0 Å². The molecule has 0 spiro atoms. The zero-order chi connectivity index (χ0) is 22.5. The van der Waals surface area contributed by atoms with E-state index in [1.807, 2.05) is 4.90 Å². The Morgan fingerprint density at radius 3 is 2.88 bits per heavy atom. The minimum Gasteiger partial charge on any atom is -0.490 e. The van der Waals surface area contributed by atoms with Crippen LogP contribution in [0.2, 0.25) is 0 Å². The van der Waals surface area contributed by atoms with Crippen molar-refractivity contribution in [2.24, 2.45) is 0 Å². The molecule has 1 atom stereocenters. The van der Waals surface area contributed by atoms with Crippen LogP contribution in [-0.2, 0) is 6.18 Å². The molecule has 32 heavy (non-hydrogen) atoms. The summed E-state index contributed by atoms with van der Waals surface area (Å²) >= 11 is 0. The number of rotatable bonds is 4. The number of nitrogens with one attached hydrogen (secondary N) is 1. The van der Waals surface area contributed by atoms with Gasteiger partial charge < -0.3 is 14.6 Å². The maximum atomic E-state index is 13.8. The van der Waals surface area contributed by atoms with Crippen molar-refractivity contribution in [1.29, 1.82) is 0 Å². The number of aromatic amines is 1. The van der Waals surface area contributed by atoms with E-state index in [0.29, 0.717) is 29.6 Å². The number of nitrogens with zero attached hydrogens (tertiary/aromatic N) is 5. The van der Waals surface area contributed by atoms with Gasteiger partial charge in [-0.05, 0) is 25.0 Å². The van der Waals surface area contributed by atoms with Crippen LogP contribution in [-0.4, -0.2) is 44.3 Å². The number of pyridine rings is 1. The van der Waals surface area contributed by atoms with Crippen LogP contribution in [0, 0.1) is 5.82 Å². The number of aromatic nitrogens is 5. The van der Waals surface area contributed by atoms with Crippen molar-refractivity contribution in [2.75, 3.05) is 18.1 Å². The summed E-state index contributed by atoms with van der Waals surface area (Å²) in [5.74, 6) is -0.197. The Balaban J connectivity index is 1.49. The molecule has 1 fully saturated rings. The molecule has 1 saturated heterocycles. The van der Waals surface area contributed by atoms with Crippen LogP contribution in [0.1, 0.15) is 18.5 Å². The third-order valence-corrected chi connectivity index (χ3v) is 5.52. The minimum atomic E-state index is -4.83. The molecule has 4 heterocycles. The standard InChI is InChI=1S/C20H17F4N6O2/c21-11-3-4-14-13(6-11)15(7-16(30(14)31)20(22,23)24)32-8-12-2-1-5-29(12)19-17-18(26-9-25-17)27-10-28-19/h3-4,6-7,9-10,12,31H,1-2,5,8H2,(H,25,26,27,28)/q+1. The zero-order valence-corrected chi connectivity index (χ0v) is 16.5. The third kappa shape index (κ3) is 3.41. The van der Waals surface area contributed by atoms with Gasteiger partial charge >= 0.3 is 11.9 Å². The largest absolute Gasteiger partial charge is 0.490 e. The molecule has 0 amide bonds. The molecule has 2 N–H and O–H groups in total. The molecule has 0 aliphatic carbocycles. The summed E-state index contributed by atoms with van der Waals surface area (Å²) in [6.45, 7) is 0.714. The number of fused-ring (bicyclic) bond motifs is 2. The lowest BCUT2D eigenvalue weighted by Crippen LogP contribution is -2.40. The first kappa shape index (κ1) is 20.2. The predicted octanol–water partition coefficient (Wildman–Crippen LogP) is 3.24. The van der Waals surface area contributed by atoms with E-state index in [1.165, 1.54) is 12.7 Å². The lowest BCUT2D eigenvalue weighted by atomic mass is 10.1. The summed E-state index contributed by atoms with van der Waals surface area (Å²) in [6.07, 6.45) is -0.356. The molecule has 4 aromatic rings. The van der Waals surface area contributed by atoms with Gasteiger partial charge in [-0.2, -0.15) is 13.2 Å². The number of imidazole rings is 1. The van der Waals surface area contributed by atoms with Gasteiger partial charge in [0.2, 0.25) is 0 Å². The molecule has 12 heteroatoms. The Kier molecular flexibility index (Phi) is 4.72. The van der Waals surface area contributed by atoms with Crippen molar-refractivity contribution in [3.63, 3.8) is 0 Å². The summed E-state index contributed by atoms with van der Waals surface area (Å²) in [5, 5.41) is 10.1. The number of anilines is 1. The monoisotopic (exact) mass is 449 g/mol. The van der Waals surface area contributed by atoms with Gasteiger partial charge in [-0.3, -0.25) is 5.21 Å². The number of benzene rings is 1. The van der Waals surface area contributed by atoms with Crippen molar-refractivity contribution in [2.45, 2.75) is 25.1 Å². The molecule has 0 saturated carbocycles. The summed E-state index contributed by atoms with van der Waals surface area (Å²) < 4.78 is 59.9. The van der Waals surface area contributed by atoms with E-state index in [-0.39, 0.29) is 34.0 Å². The number of hydrogen-bond acceptors (Lipinski definition) is 6. The molecule has 0 radical (unpaired) electrons. The fourth-order valence-electron chi connectivity index (χ4n) is 4.05. The van der Waals surface area contributed by atoms with Crippen molar-refractivity contribution in [3.8, 4) is 5.75 Å². The molecule has 1 aromatic carbocycles. The van der Waals surface area contributed by atoms with Gasteiger partial charge in [-0.25, -0.2) is 19.3 Å². The SMILES string of the molecule is O[n+]1c(C(F)(F)F)cc(OCC2CCCN2c2ncnc3nc[nH]c23)c2cc(F)ccc21. The summed E-state index contributed by atoms with van der Waals surface area (Å²) in [7, 11) is 0. The van der Waals surface area contributed by atoms with Crippen LogP contribution in [0.25, 0.3) is 22.1 Å². The highest BCUT2D eigenvalue weighted by Gasteiger charge is 2.44. The molecular formula is C20H17F4N6O2+. The zero-order valence-electron chi connectivity index (χ0n) is 16.5. The van der Waals surface area contributed by atoms with Gasteiger partial charge in [0.1, 0.15) is 30.0 Å². The molecule has 8 nitrogen and oxygen atoms in total. The van der Waals surface area contributed by atoms with Gasteiger partial charge in [0.25, 0.3) is 5.52 Å². The molecule has 1 unspecified atom stereocenters. The number of hydrogen-bond donors (Lipinski definition) is 2. The Morgan fingerprint density at radius 2 is 2.06 bits per heavy atom. The van der Waals surface area contributed by atoms with Crippen LogP contribution < -0.4 is 14.4 Å². The van der Waals surface area contributed by atoms with Crippen molar-refractivity contribution in [3.05, 3.63) is 48.4 Å². The maximum absolute atomic E-state index is 13.8. The molecule has 1 aliphatic rings. The van der Waals surface area contributed by atoms with Crippen molar-refractivity contribution in [1.82, 2.24) is 19.9 Å². The first-order valence-corrected chi connectivity index (χ1v) is 9.81. The van der Waals surface area contributed by atoms with Crippen LogP contribution in [0.15, 0.2) is 36.9 Å². The third-order valence-electron chi connectivity index (χ3n) is 5.52. The van der Waals surface area contributed by atoms with Crippen LogP contribution >= 0.6 is 0 Å². The normalized spacial score (nSPS) is 16.9. The summed E-state index contributed by atoms with van der Waals surface area (Å²) in [6, 6.07) is 3.57. The second kappa shape index (κ2) is 7.46. The number of halogens is 4. The predicted molar refractivity (Wildman–Crippen MR) is 104 cm³/mol. The van der Waals surface area contributed by atoms with E-state index in [0.717, 1.165) is 31.0 Å². The lowest BCUT2D eigenvalue weighted by molar-refractivity contribution is -0.895. The maximum Gasteiger partial charge on any atom is 0.482 e. The topological polar surface area (TPSA) is 91.0 Å². The molecule has 5 rings (SSSR count). The van der Waals surface area contributed by atoms with Crippen LogP contribution in [0.3, 0.4) is 0 Å².